The largest absolute Gasteiger partial charge is 0.207 e. The quantitative estimate of drug-likeness (QED) is 0.713. The molecule has 0 nitrogen and oxygen atoms in total. The van der Waals surface area contributed by atoms with Gasteiger partial charge >= 0.3 is 0 Å². The van der Waals surface area contributed by atoms with Crippen molar-refractivity contribution in [3.63, 3.8) is 0 Å². The Bertz CT molecular complexity index is 405. The van der Waals surface area contributed by atoms with Crippen molar-refractivity contribution in [2.75, 3.05) is 0 Å². The van der Waals surface area contributed by atoms with Gasteiger partial charge in [-0.15, -0.1) is 11.3 Å². The first-order chi connectivity index (χ1) is 6.27. The molecule has 0 aliphatic carbocycles. The third kappa shape index (κ3) is 1.81. The zero-order valence-electron chi connectivity index (χ0n) is 6.63. The highest BCUT2D eigenvalue weighted by atomic mass is 79.9. The van der Waals surface area contributed by atoms with Crippen molar-refractivity contribution in [1.82, 2.24) is 0 Å². The molecule has 1 aromatic carbocycles. The van der Waals surface area contributed by atoms with Crippen molar-refractivity contribution < 1.29 is 4.39 Å². The Labute approximate surface area is 88.2 Å². The van der Waals surface area contributed by atoms with Gasteiger partial charge in [0.05, 0.1) is 3.79 Å². The second-order valence-electron chi connectivity index (χ2n) is 2.61. The van der Waals surface area contributed by atoms with Crippen molar-refractivity contribution in [1.29, 1.82) is 0 Å². The molecular formula is C10H6BrFS. The van der Waals surface area contributed by atoms with Gasteiger partial charge in [-0.25, -0.2) is 4.39 Å². The first-order valence-electron chi connectivity index (χ1n) is 3.76. The Kier molecular flexibility index (Phi) is 2.47. The number of thiophene rings is 1. The molecule has 0 aliphatic heterocycles. The summed E-state index contributed by atoms with van der Waals surface area (Å²) in [6.45, 7) is 0. The van der Waals surface area contributed by atoms with Crippen molar-refractivity contribution >= 4 is 27.3 Å². The molecule has 0 radical (unpaired) electrons. The van der Waals surface area contributed by atoms with Gasteiger partial charge in [0.1, 0.15) is 5.82 Å². The molecule has 0 spiro atoms. The molecule has 0 bridgehead atoms. The van der Waals surface area contributed by atoms with Gasteiger partial charge in [-0.3, -0.25) is 0 Å². The normalized spacial score (nSPS) is 10.3. The average molecular weight is 257 g/mol. The van der Waals surface area contributed by atoms with Crippen molar-refractivity contribution in [3.8, 4) is 11.1 Å². The minimum absolute atomic E-state index is 0.199. The smallest absolute Gasteiger partial charge is 0.123 e. The van der Waals surface area contributed by atoms with Crippen molar-refractivity contribution in [2.45, 2.75) is 0 Å². The number of halogens is 2. The molecule has 0 N–H and O–H groups in total. The van der Waals surface area contributed by atoms with Gasteiger partial charge < -0.3 is 0 Å². The van der Waals surface area contributed by atoms with E-state index in [2.05, 4.69) is 15.9 Å². The predicted octanol–water partition coefficient (Wildman–Crippen LogP) is 4.32. The van der Waals surface area contributed by atoms with Crippen LogP contribution in [0.3, 0.4) is 0 Å². The van der Waals surface area contributed by atoms with Gasteiger partial charge in [-0.1, -0.05) is 12.1 Å². The zero-order chi connectivity index (χ0) is 9.26. The molecule has 0 saturated heterocycles. The van der Waals surface area contributed by atoms with Crippen LogP contribution in [0.25, 0.3) is 11.1 Å². The maximum atomic E-state index is 12.6. The summed E-state index contributed by atoms with van der Waals surface area (Å²) in [4.78, 5) is 0. The predicted molar refractivity (Wildman–Crippen MR) is 57.4 cm³/mol. The maximum absolute atomic E-state index is 12.6. The van der Waals surface area contributed by atoms with Crippen LogP contribution in [0.1, 0.15) is 0 Å². The minimum Gasteiger partial charge on any atom is -0.207 e. The lowest BCUT2D eigenvalue weighted by Gasteiger charge is -1.97. The zero-order valence-corrected chi connectivity index (χ0v) is 9.03. The van der Waals surface area contributed by atoms with Crippen LogP contribution in [0, 0.1) is 5.82 Å². The van der Waals surface area contributed by atoms with E-state index >= 15 is 0 Å². The van der Waals surface area contributed by atoms with E-state index in [1.165, 1.54) is 12.1 Å². The third-order valence-corrected chi connectivity index (χ3v) is 3.46. The Morgan fingerprint density at radius 1 is 1.08 bits per heavy atom. The number of rotatable bonds is 1. The topological polar surface area (TPSA) is 0 Å². The fraction of sp³-hybridized carbons (Fsp3) is 0. The minimum atomic E-state index is -0.199. The SMILES string of the molecule is Fc1ccc(-c2ccsc2Br)cc1. The van der Waals surface area contributed by atoms with Gasteiger partial charge in [0.2, 0.25) is 0 Å². The highest BCUT2D eigenvalue weighted by Crippen LogP contribution is 2.32. The Hall–Kier alpha value is -0.670. The van der Waals surface area contributed by atoms with Crippen LogP contribution >= 0.6 is 27.3 Å². The Morgan fingerprint density at radius 2 is 1.77 bits per heavy atom. The van der Waals surface area contributed by atoms with E-state index in [1.807, 2.05) is 11.4 Å². The van der Waals surface area contributed by atoms with E-state index in [4.69, 9.17) is 0 Å². The van der Waals surface area contributed by atoms with E-state index in [9.17, 15) is 4.39 Å². The molecular weight excluding hydrogens is 251 g/mol. The van der Waals surface area contributed by atoms with Crippen LogP contribution < -0.4 is 0 Å². The third-order valence-electron chi connectivity index (χ3n) is 1.77. The lowest BCUT2D eigenvalue weighted by molar-refractivity contribution is 0.628. The van der Waals surface area contributed by atoms with Crippen LogP contribution in [-0.2, 0) is 0 Å². The lowest BCUT2D eigenvalue weighted by Crippen LogP contribution is -1.75. The average Bonchev–Trinajstić information content (AvgIpc) is 2.53. The number of benzene rings is 1. The van der Waals surface area contributed by atoms with E-state index in [-0.39, 0.29) is 5.82 Å². The molecule has 0 saturated carbocycles. The van der Waals surface area contributed by atoms with E-state index in [0.717, 1.165) is 14.9 Å². The van der Waals surface area contributed by atoms with E-state index in [1.54, 1.807) is 23.5 Å². The standard InChI is InChI=1S/C10H6BrFS/c11-10-9(5-6-13-10)7-1-3-8(12)4-2-7/h1-6H. The summed E-state index contributed by atoms with van der Waals surface area (Å²) < 4.78 is 13.7. The molecule has 0 atom stereocenters. The second kappa shape index (κ2) is 3.60. The Morgan fingerprint density at radius 3 is 2.31 bits per heavy atom. The summed E-state index contributed by atoms with van der Waals surface area (Å²) in [6, 6.07) is 8.52. The maximum Gasteiger partial charge on any atom is 0.123 e. The summed E-state index contributed by atoms with van der Waals surface area (Å²) in [5.41, 5.74) is 2.15. The second-order valence-corrected chi connectivity index (χ2v) is 4.85. The molecule has 0 aliphatic rings. The first kappa shape index (κ1) is 8.91. The molecule has 66 valence electrons. The molecule has 0 unspecified atom stereocenters. The van der Waals surface area contributed by atoms with Gasteiger partial charge in [0, 0.05) is 5.56 Å². The van der Waals surface area contributed by atoms with E-state index < -0.39 is 0 Å². The lowest BCUT2D eigenvalue weighted by atomic mass is 10.1. The molecule has 2 aromatic rings. The van der Waals surface area contributed by atoms with Gasteiger partial charge in [-0.05, 0) is 45.1 Å². The highest BCUT2D eigenvalue weighted by Gasteiger charge is 2.03. The molecule has 0 amide bonds. The number of hydrogen-bond donors (Lipinski definition) is 0. The first-order valence-corrected chi connectivity index (χ1v) is 5.43. The summed E-state index contributed by atoms with van der Waals surface area (Å²) in [5.74, 6) is -0.199. The van der Waals surface area contributed by atoms with Crippen LogP contribution in [0.5, 0.6) is 0 Å². The summed E-state index contributed by atoms with van der Waals surface area (Å²) in [7, 11) is 0. The van der Waals surface area contributed by atoms with E-state index in [0.29, 0.717) is 0 Å². The van der Waals surface area contributed by atoms with Crippen LogP contribution in [0.4, 0.5) is 4.39 Å². The number of hydrogen-bond acceptors (Lipinski definition) is 1. The van der Waals surface area contributed by atoms with Crippen LogP contribution in [-0.4, -0.2) is 0 Å². The van der Waals surface area contributed by atoms with Crippen molar-refractivity contribution in [2.24, 2.45) is 0 Å². The molecule has 13 heavy (non-hydrogen) atoms. The Balaban J connectivity index is 2.47. The highest BCUT2D eigenvalue weighted by molar-refractivity contribution is 9.11. The monoisotopic (exact) mass is 256 g/mol. The fourth-order valence-corrected chi connectivity index (χ4v) is 2.45. The molecule has 1 aromatic heterocycles. The van der Waals surface area contributed by atoms with Gasteiger partial charge in [0.15, 0.2) is 0 Å². The van der Waals surface area contributed by atoms with Crippen LogP contribution in [0.15, 0.2) is 39.5 Å². The summed E-state index contributed by atoms with van der Waals surface area (Å²) >= 11 is 5.07. The van der Waals surface area contributed by atoms with Crippen molar-refractivity contribution in [3.05, 3.63) is 45.3 Å². The fourth-order valence-electron chi connectivity index (χ4n) is 1.13. The molecule has 1 heterocycles. The molecule has 2 rings (SSSR count). The molecule has 0 fully saturated rings. The molecule has 3 heteroatoms. The summed E-state index contributed by atoms with van der Waals surface area (Å²) in [6.07, 6.45) is 0. The van der Waals surface area contributed by atoms with Crippen LogP contribution in [0.2, 0.25) is 0 Å². The van der Waals surface area contributed by atoms with Gasteiger partial charge in [-0.2, -0.15) is 0 Å². The van der Waals surface area contributed by atoms with Gasteiger partial charge in [0.25, 0.3) is 0 Å². The summed E-state index contributed by atoms with van der Waals surface area (Å²) in [5, 5.41) is 2.00.